The molecule has 0 amide bonds. The predicted molar refractivity (Wildman–Crippen MR) is 58.4 cm³/mol. The highest BCUT2D eigenvalue weighted by atomic mass is 35.5. The second kappa shape index (κ2) is 5.32. The molecule has 1 unspecified atom stereocenters. The Balaban J connectivity index is 2.50. The van der Waals surface area contributed by atoms with Crippen LogP contribution in [0.2, 0.25) is 5.02 Å². The summed E-state index contributed by atoms with van der Waals surface area (Å²) in [5.41, 5.74) is 1.06. The van der Waals surface area contributed by atoms with Crippen LogP contribution in [0.5, 0.6) is 0 Å². The molecule has 3 heteroatoms. The molecule has 0 saturated heterocycles. The zero-order chi connectivity index (χ0) is 10.6. The SMILES string of the molecule is CC(C)C(O)CCc1ccncc1Cl. The van der Waals surface area contributed by atoms with Crippen molar-refractivity contribution in [1.29, 1.82) is 0 Å². The van der Waals surface area contributed by atoms with Crippen molar-refractivity contribution in [2.24, 2.45) is 5.92 Å². The summed E-state index contributed by atoms with van der Waals surface area (Å²) in [6.07, 6.45) is 4.67. The maximum Gasteiger partial charge on any atom is 0.0621 e. The highest BCUT2D eigenvalue weighted by molar-refractivity contribution is 6.31. The van der Waals surface area contributed by atoms with Gasteiger partial charge in [-0.1, -0.05) is 25.4 Å². The van der Waals surface area contributed by atoms with Gasteiger partial charge in [0.05, 0.1) is 11.1 Å². The first-order chi connectivity index (χ1) is 6.61. The molecule has 0 fully saturated rings. The van der Waals surface area contributed by atoms with E-state index in [1.165, 1.54) is 0 Å². The summed E-state index contributed by atoms with van der Waals surface area (Å²) in [4.78, 5) is 3.91. The Morgan fingerprint density at radius 1 is 1.50 bits per heavy atom. The van der Waals surface area contributed by atoms with Gasteiger partial charge in [0, 0.05) is 12.4 Å². The molecule has 0 aliphatic heterocycles. The number of aromatic nitrogens is 1. The van der Waals surface area contributed by atoms with Gasteiger partial charge in [-0.15, -0.1) is 0 Å². The fourth-order valence-electron chi connectivity index (χ4n) is 1.24. The Morgan fingerprint density at radius 2 is 2.21 bits per heavy atom. The number of rotatable bonds is 4. The molecule has 0 aliphatic carbocycles. The van der Waals surface area contributed by atoms with E-state index in [1.807, 2.05) is 19.9 Å². The third-order valence-electron chi connectivity index (χ3n) is 2.34. The summed E-state index contributed by atoms with van der Waals surface area (Å²) in [6.45, 7) is 4.03. The monoisotopic (exact) mass is 213 g/mol. The lowest BCUT2D eigenvalue weighted by Gasteiger charge is -2.14. The van der Waals surface area contributed by atoms with E-state index < -0.39 is 0 Å². The van der Waals surface area contributed by atoms with E-state index in [0.717, 1.165) is 18.4 Å². The largest absolute Gasteiger partial charge is 0.393 e. The first-order valence-corrected chi connectivity index (χ1v) is 5.25. The molecule has 0 aliphatic rings. The lowest BCUT2D eigenvalue weighted by Crippen LogP contribution is -2.15. The highest BCUT2D eigenvalue weighted by Gasteiger charge is 2.09. The van der Waals surface area contributed by atoms with Crippen LogP contribution in [0.25, 0.3) is 0 Å². The fraction of sp³-hybridized carbons (Fsp3) is 0.545. The highest BCUT2D eigenvalue weighted by Crippen LogP contribution is 2.17. The van der Waals surface area contributed by atoms with E-state index in [2.05, 4.69) is 4.98 Å². The topological polar surface area (TPSA) is 33.1 Å². The van der Waals surface area contributed by atoms with Gasteiger partial charge >= 0.3 is 0 Å². The summed E-state index contributed by atoms with van der Waals surface area (Å²) in [6, 6.07) is 1.90. The molecule has 14 heavy (non-hydrogen) atoms. The van der Waals surface area contributed by atoms with Gasteiger partial charge in [-0.2, -0.15) is 0 Å². The Labute approximate surface area is 89.9 Å². The van der Waals surface area contributed by atoms with Gasteiger partial charge in [0.25, 0.3) is 0 Å². The molecule has 1 N–H and O–H groups in total. The molecule has 1 aromatic heterocycles. The first kappa shape index (κ1) is 11.5. The molecule has 1 heterocycles. The van der Waals surface area contributed by atoms with E-state index >= 15 is 0 Å². The molecular formula is C11H16ClNO. The van der Waals surface area contributed by atoms with Crippen molar-refractivity contribution in [3.05, 3.63) is 29.0 Å². The normalized spacial score (nSPS) is 13.2. The van der Waals surface area contributed by atoms with Crippen LogP contribution in [0.4, 0.5) is 0 Å². The molecule has 1 atom stereocenters. The molecular weight excluding hydrogens is 198 g/mol. The summed E-state index contributed by atoms with van der Waals surface area (Å²) in [5.74, 6) is 0.301. The number of pyridine rings is 1. The zero-order valence-corrected chi connectivity index (χ0v) is 9.33. The van der Waals surface area contributed by atoms with Crippen LogP contribution in [-0.2, 0) is 6.42 Å². The third kappa shape index (κ3) is 3.28. The van der Waals surface area contributed by atoms with Gasteiger partial charge in [-0.3, -0.25) is 4.98 Å². The average Bonchev–Trinajstić information content (AvgIpc) is 2.16. The van der Waals surface area contributed by atoms with Crippen LogP contribution >= 0.6 is 11.6 Å². The van der Waals surface area contributed by atoms with Crippen molar-refractivity contribution in [2.45, 2.75) is 32.8 Å². The van der Waals surface area contributed by atoms with Crippen molar-refractivity contribution < 1.29 is 5.11 Å². The average molecular weight is 214 g/mol. The number of hydrogen-bond acceptors (Lipinski definition) is 2. The quantitative estimate of drug-likeness (QED) is 0.835. The van der Waals surface area contributed by atoms with Crippen LogP contribution in [0.1, 0.15) is 25.8 Å². The van der Waals surface area contributed by atoms with Crippen LogP contribution in [-0.4, -0.2) is 16.2 Å². The molecule has 1 aromatic rings. The minimum atomic E-state index is -0.251. The smallest absolute Gasteiger partial charge is 0.0621 e. The van der Waals surface area contributed by atoms with Gasteiger partial charge in [0.15, 0.2) is 0 Å². The molecule has 0 bridgehead atoms. The van der Waals surface area contributed by atoms with E-state index in [0.29, 0.717) is 10.9 Å². The number of hydrogen-bond donors (Lipinski definition) is 1. The maximum absolute atomic E-state index is 9.62. The van der Waals surface area contributed by atoms with E-state index in [1.54, 1.807) is 12.4 Å². The summed E-state index contributed by atoms with van der Waals surface area (Å²) < 4.78 is 0. The molecule has 78 valence electrons. The molecule has 2 nitrogen and oxygen atoms in total. The van der Waals surface area contributed by atoms with E-state index in [4.69, 9.17) is 11.6 Å². The number of nitrogens with zero attached hydrogens (tertiary/aromatic N) is 1. The molecule has 0 saturated carbocycles. The van der Waals surface area contributed by atoms with Gasteiger partial charge in [0.2, 0.25) is 0 Å². The number of aliphatic hydroxyl groups excluding tert-OH is 1. The first-order valence-electron chi connectivity index (χ1n) is 4.87. The lowest BCUT2D eigenvalue weighted by atomic mass is 10.00. The standard InChI is InChI=1S/C11H16ClNO/c1-8(2)11(14)4-3-9-5-6-13-7-10(9)12/h5-8,11,14H,3-4H2,1-2H3. The fourth-order valence-corrected chi connectivity index (χ4v) is 1.46. The summed E-state index contributed by atoms with van der Waals surface area (Å²) >= 11 is 5.94. The Bertz CT molecular complexity index is 288. The number of aliphatic hydroxyl groups is 1. The molecule has 0 radical (unpaired) electrons. The van der Waals surface area contributed by atoms with Crippen LogP contribution in [0.3, 0.4) is 0 Å². The van der Waals surface area contributed by atoms with Gasteiger partial charge in [-0.25, -0.2) is 0 Å². The molecule has 0 spiro atoms. The van der Waals surface area contributed by atoms with E-state index in [-0.39, 0.29) is 6.10 Å². The van der Waals surface area contributed by atoms with Gasteiger partial charge < -0.3 is 5.11 Å². The minimum Gasteiger partial charge on any atom is -0.393 e. The second-order valence-electron chi connectivity index (χ2n) is 3.82. The lowest BCUT2D eigenvalue weighted by molar-refractivity contribution is 0.116. The predicted octanol–water partition coefficient (Wildman–Crippen LogP) is 2.68. The molecule has 1 rings (SSSR count). The maximum atomic E-state index is 9.62. The van der Waals surface area contributed by atoms with Crippen molar-refractivity contribution in [2.75, 3.05) is 0 Å². The summed E-state index contributed by atoms with van der Waals surface area (Å²) in [5, 5.41) is 10.3. The van der Waals surface area contributed by atoms with E-state index in [9.17, 15) is 5.11 Å². The van der Waals surface area contributed by atoms with Crippen molar-refractivity contribution in [1.82, 2.24) is 4.98 Å². The van der Waals surface area contributed by atoms with Crippen LogP contribution < -0.4 is 0 Å². The van der Waals surface area contributed by atoms with Crippen LogP contribution in [0.15, 0.2) is 18.5 Å². The minimum absolute atomic E-state index is 0.251. The van der Waals surface area contributed by atoms with Gasteiger partial charge in [-0.05, 0) is 30.4 Å². The summed E-state index contributed by atoms with van der Waals surface area (Å²) in [7, 11) is 0. The Kier molecular flexibility index (Phi) is 4.36. The Morgan fingerprint density at radius 3 is 2.79 bits per heavy atom. The van der Waals surface area contributed by atoms with Crippen molar-refractivity contribution >= 4 is 11.6 Å². The van der Waals surface area contributed by atoms with Crippen LogP contribution in [0, 0.1) is 5.92 Å². The van der Waals surface area contributed by atoms with Gasteiger partial charge in [0.1, 0.15) is 0 Å². The Hall–Kier alpha value is -0.600. The number of halogens is 1. The zero-order valence-electron chi connectivity index (χ0n) is 8.57. The second-order valence-corrected chi connectivity index (χ2v) is 4.22. The van der Waals surface area contributed by atoms with Crippen molar-refractivity contribution in [3.63, 3.8) is 0 Å². The van der Waals surface area contributed by atoms with Crippen molar-refractivity contribution in [3.8, 4) is 0 Å². The third-order valence-corrected chi connectivity index (χ3v) is 2.68. The molecule has 0 aromatic carbocycles. The number of aryl methyl sites for hydroxylation is 1.